The highest BCUT2D eigenvalue weighted by molar-refractivity contribution is 4.50. The van der Waals surface area contributed by atoms with Gasteiger partial charge in [-0.05, 0) is 0 Å². The summed E-state index contributed by atoms with van der Waals surface area (Å²) in [5.74, 6) is 0. The zero-order valence-corrected chi connectivity index (χ0v) is 12.8. The van der Waals surface area contributed by atoms with E-state index < -0.39 is 0 Å². The van der Waals surface area contributed by atoms with E-state index in [-0.39, 0.29) is 0 Å². The summed E-state index contributed by atoms with van der Waals surface area (Å²) < 4.78 is 0. The van der Waals surface area contributed by atoms with Crippen molar-refractivity contribution in [2.24, 2.45) is 0 Å². The third-order valence-electron chi connectivity index (χ3n) is 1.000. The van der Waals surface area contributed by atoms with Crippen LogP contribution < -0.4 is 0 Å². The Bertz CT molecular complexity index is 8.00. The van der Waals surface area contributed by atoms with Gasteiger partial charge in [0.15, 0.2) is 0 Å². The van der Waals surface area contributed by atoms with Crippen LogP contribution in [0.2, 0.25) is 0 Å². The van der Waals surface area contributed by atoms with E-state index in [0.29, 0.717) is 0 Å². The van der Waals surface area contributed by atoms with E-state index in [1.807, 2.05) is 69.2 Å². The zero-order chi connectivity index (χ0) is 12.8. The Labute approximate surface area is 95.5 Å². The lowest BCUT2D eigenvalue weighted by atomic mass is 10.0. The van der Waals surface area contributed by atoms with Gasteiger partial charge in [-0.3, -0.25) is 0 Å². The molecule has 0 aromatic carbocycles. The summed E-state index contributed by atoms with van der Waals surface area (Å²) in [7, 11) is 0. The molecular formula is C14H38. The highest BCUT2D eigenvalue weighted by atomic mass is 14.0. The monoisotopic (exact) mass is 206 g/mol. The molecule has 0 heterocycles. The van der Waals surface area contributed by atoms with E-state index in [0.717, 1.165) is 0 Å². The Morgan fingerprint density at radius 3 is 0.357 bits per heavy atom. The van der Waals surface area contributed by atoms with Gasteiger partial charge in [-0.2, -0.15) is 0 Å². The molecule has 1 aliphatic carbocycles. The second-order valence-corrected chi connectivity index (χ2v) is 1.41. The molecule has 0 aromatic heterocycles. The maximum atomic E-state index is 2.00. The van der Waals surface area contributed by atoms with Gasteiger partial charge in [0.2, 0.25) is 0 Å². The Kier molecular flexibility index (Phi) is 244. The van der Waals surface area contributed by atoms with Crippen molar-refractivity contribution in [2.45, 2.75) is 94.9 Å². The van der Waals surface area contributed by atoms with Crippen molar-refractivity contribution in [3.8, 4) is 0 Å². The fraction of sp³-hybridized carbons (Fsp3) is 1.00. The molecule has 94 valence electrons. The largest absolute Gasteiger partial charge is 0.0683 e. The van der Waals surface area contributed by atoms with Gasteiger partial charge in [-0.15, -0.1) is 0 Å². The van der Waals surface area contributed by atoms with Crippen molar-refractivity contribution < 1.29 is 0 Å². The molecule has 1 rings (SSSR count). The Balaban J connectivity index is -0.0000000245. The van der Waals surface area contributed by atoms with Crippen LogP contribution in [0.4, 0.5) is 0 Å². The van der Waals surface area contributed by atoms with E-state index in [2.05, 4.69) is 0 Å². The molecule has 1 fully saturated rings. The molecule has 0 heteroatoms. The Hall–Kier alpha value is 0. The smallest absolute Gasteiger partial charge is 0.0533 e. The minimum atomic E-state index is 1.50. The van der Waals surface area contributed by atoms with Gasteiger partial charge in [0.25, 0.3) is 0 Å². The van der Waals surface area contributed by atoms with Crippen LogP contribution >= 0.6 is 0 Å². The Morgan fingerprint density at radius 2 is 0.357 bits per heavy atom. The van der Waals surface area contributed by atoms with Crippen LogP contribution in [0.25, 0.3) is 0 Å². The minimum absolute atomic E-state index is 1.50. The van der Waals surface area contributed by atoms with Crippen molar-refractivity contribution in [1.29, 1.82) is 0 Å². The van der Waals surface area contributed by atoms with Gasteiger partial charge >= 0.3 is 0 Å². The lowest BCUT2D eigenvalue weighted by molar-refractivity contribution is 0.504. The first-order chi connectivity index (χ1) is 7.00. The average Bonchev–Trinajstić information content (AvgIpc) is 2.29. The molecule has 0 atom stereocenters. The maximum absolute atomic E-state index is 2.00. The molecule has 0 aliphatic heterocycles. The molecule has 1 aliphatic rings. The van der Waals surface area contributed by atoms with Crippen molar-refractivity contribution in [3.05, 3.63) is 0 Å². The van der Waals surface area contributed by atoms with E-state index in [4.69, 9.17) is 0 Å². The summed E-state index contributed by atoms with van der Waals surface area (Å²) in [6.45, 7) is 20.0. The molecule has 0 N–H and O–H groups in total. The molecule has 0 saturated heterocycles. The topological polar surface area (TPSA) is 0 Å². The molecular weight excluding hydrogens is 168 g/mol. The summed E-state index contributed by atoms with van der Waals surface area (Å²) in [4.78, 5) is 0. The summed E-state index contributed by atoms with van der Waals surface area (Å²) in [6, 6.07) is 0. The van der Waals surface area contributed by atoms with Crippen LogP contribution in [0.1, 0.15) is 94.9 Å². The van der Waals surface area contributed by atoms with Crippen LogP contribution in [0.3, 0.4) is 0 Å². The van der Waals surface area contributed by atoms with Crippen LogP contribution in [-0.2, 0) is 0 Å². The first kappa shape index (κ1) is 29.2. The van der Waals surface area contributed by atoms with Crippen molar-refractivity contribution in [1.82, 2.24) is 0 Å². The van der Waals surface area contributed by atoms with Gasteiger partial charge in [0.1, 0.15) is 0 Å². The van der Waals surface area contributed by atoms with Crippen LogP contribution in [0.15, 0.2) is 0 Å². The number of rotatable bonds is 0. The fourth-order valence-electron chi connectivity index (χ4n) is 0.250. The van der Waals surface area contributed by atoms with Crippen molar-refractivity contribution in [3.63, 3.8) is 0 Å². The highest BCUT2D eigenvalue weighted by Crippen LogP contribution is 2.15. The second-order valence-electron chi connectivity index (χ2n) is 1.41. The molecule has 14 heavy (non-hydrogen) atoms. The van der Waals surface area contributed by atoms with Gasteiger partial charge < -0.3 is 0 Å². The molecule has 0 aromatic rings. The van der Waals surface area contributed by atoms with Gasteiger partial charge in [0.05, 0.1) is 0 Å². The molecule has 0 spiro atoms. The van der Waals surface area contributed by atoms with Crippen molar-refractivity contribution >= 4 is 0 Å². The van der Waals surface area contributed by atoms with E-state index >= 15 is 0 Å². The predicted molar refractivity (Wildman–Crippen MR) is 75.2 cm³/mol. The SMILES string of the molecule is C1CCC1.CC.CC.CC.CC.CC. The minimum Gasteiger partial charge on any atom is -0.0683 e. The molecule has 0 bridgehead atoms. The molecule has 0 radical (unpaired) electrons. The van der Waals surface area contributed by atoms with Gasteiger partial charge in [-0.1, -0.05) is 94.9 Å². The lowest BCUT2D eigenvalue weighted by Crippen LogP contribution is -1.85. The standard InChI is InChI=1S/C4H8.5C2H6/c1-2-4-3-1;5*1-2/h1-4H2;5*1-2H3. The average molecular weight is 206 g/mol. The fourth-order valence-corrected chi connectivity index (χ4v) is 0.250. The summed E-state index contributed by atoms with van der Waals surface area (Å²) in [6.07, 6.45) is 6.00. The van der Waals surface area contributed by atoms with E-state index in [9.17, 15) is 0 Å². The first-order valence-corrected chi connectivity index (χ1v) is 7.00. The van der Waals surface area contributed by atoms with E-state index in [1.54, 1.807) is 0 Å². The van der Waals surface area contributed by atoms with Gasteiger partial charge in [0, 0.05) is 0 Å². The number of hydrogen-bond donors (Lipinski definition) is 0. The molecule has 0 amide bonds. The van der Waals surface area contributed by atoms with Crippen LogP contribution in [0, 0.1) is 0 Å². The Morgan fingerprint density at radius 1 is 0.286 bits per heavy atom. The second kappa shape index (κ2) is 117. The predicted octanol–water partition coefficient (Wildman–Crippen LogP) is 6.69. The summed E-state index contributed by atoms with van der Waals surface area (Å²) in [5.41, 5.74) is 0. The lowest BCUT2D eigenvalue weighted by Gasteiger charge is -2.05. The maximum Gasteiger partial charge on any atom is -0.0533 e. The van der Waals surface area contributed by atoms with Gasteiger partial charge in [-0.25, -0.2) is 0 Å². The van der Waals surface area contributed by atoms with Crippen molar-refractivity contribution in [2.75, 3.05) is 0 Å². The third-order valence-corrected chi connectivity index (χ3v) is 1.000. The quantitative estimate of drug-likeness (QED) is 0.414. The molecule has 0 unspecified atom stereocenters. The highest BCUT2D eigenvalue weighted by Gasteiger charge is 1.95. The third kappa shape index (κ3) is 90.8. The summed E-state index contributed by atoms with van der Waals surface area (Å²) >= 11 is 0. The molecule has 0 nitrogen and oxygen atoms in total. The zero-order valence-electron chi connectivity index (χ0n) is 12.8. The normalized spacial score (nSPS) is 9.00. The van der Waals surface area contributed by atoms with Crippen LogP contribution in [-0.4, -0.2) is 0 Å². The first-order valence-electron chi connectivity index (χ1n) is 7.00. The number of hydrogen-bond acceptors (Lipinski definition) is 0. The molecule has 1 saturated carbocycles. The van der Waals surface area contributed by atoms with E-state index in [1.165, 1.54) is 25.7 Å². The summed E-state index contributed by atoms with van der Waals surface area (Å²) in [5, 5.41) is 0. The van der Waals surface area contributed by atoms with Crippen LogP contribution in [0.5, 0.6) is 0 Å².